The lowest BCUT2D eigenvalue weighted by molar-refractivity contribution is -0.140. The summed E-state index contributed by atoms with van der Waals surface area (Å²) >= 11 is 1.59. The lowest BCUT2D eigenvalue weighted by atomic mass is 9.96. The molecule has 0 bridgehead atoms. The molecular formula is C22H31N5OS. The number of rotatable bonds is 5. The summed E-state index contributed by atoms with van der Waals surface area (Å²) in [6, 6.07) is 10.5. The van der Waals surface area contributed by atoms with Gasteiger partial charge in [-0.2, -0.15) is 0 Å². The summed E-state index contributed by atoms with van der Waals surface area (Å²) < 4.78 is 2.04. The first kappa shape index (κ1) is 20.4. The molecule has 3 atom stereocenters. The van der Waals surface area contributed by atoms with E-state index < -0.39 is 0 Å². The Kier molecular flexibility index (Phi) is 6.25. The van der Waals surface area contributed by atoms with E-state index in [4.69, 9.17) is 0 Å². The normalized spacial score (nSPS) is 24.0. The molecule has 2 fully saturated rings. The van der Waals surface area contributed by atoms with Gasteiger partial charge in [-0.1, -0.05) is 48.5 Å². The molecule has 1 aromatic carbocycles. The third-order valence-electron chi connectivity index (χ3n) is 6.42. The van der Waals surface area contributed by atoms with E-state index in [2.05, 4.69) is 39.1 Å². The van der Waals surface area contributed by atoms with Crippen molar-refractivity contribution in [1.29, 1.82) is 0 Å². The molecule has 0 radical (unpaired) electrons. The summed E-state index contributed by atoms with van der Waals surface area (Å²) in [4.78, 5) is 18.5. The summed E-state index contributed by atoms with van der Waals surface area (Å²) in [5.41, 5.74) is 1.10. The minimum absolute atomic E-state index is 0.00667. The van der Waals surface area contributed by atoms with Crippen molar-refractivity contribution in [3.8, 4) is 0 Å². The van der Waals surface area contributed by atoms with Gasteiger partial charge in [0.1, 0.15) is 6.04 Å². The minimum Gasteiger partial charge on any atom is -0.331 e. The molecule has 29 heavy (non-hydrogen) atoms. The van der Waals surface area contributed by atoms with Crippen molar-refractivity contribution in [2.45, 2.75) is 62.3 Å². The fourth-order valence-electron chi connectivity index (χ4n) is 4.87. The van der Waals surface area contributed by atoms with Crippen molar-refractivity contribution in [3.63, 3.8) is 0 Å². The van der Waals surface area contributed by atoms with Crippen LogP contribution in [0, 0.1) is 0 Å². The molecule has 7 heteroatoms. The number of piperidine rings is 1. The molecular weight excluding hydrogens is 382 g/mol. The van der Waals surface area contributed by atoms with Gasteiger partial charge in [0.2, 0.25) is 5.91 Å². The SMILES string of the molecule is CSc1nnc([C@@H]2CCCN2C(=O)[C@@H](c2ccccc2)N2CCCC[C@H]2C)n1C. The lowest BCUT2D eigenvalue weighted by Crippen LogP contribution is -2.48. The van der Waals surface area contributed by atoms with Crippen LogP contribution < -0.4 is 0 Å². The Hall–Kier alpha value is -1.86. The second-order valence-electron chi connectivity index (χ2n) is 8.19. The highest BCUT2D eigenvalue weighted by Gasteiger charge is 2.40. The second-order valence-corrected chi connectivity index (χ2v) is 8.96. The van der Waals surface area contributed by atoms with Crippen LogP contribution in [0.2, 0.25) is 0 Å². The molecule has 0 N–H and O–H groups in total. The number of hydrogen-bond acceptors (Lipinski definition) is 5. The first-order valence-electron chi connectivity index (χ1n) is 10.7. The number of hydrogen-bond donors (Lipinski definition) is 0. The van der Waals surface area contributed by atoms with Crippen LogP contribution >= 0.6 is 11.8 Å². The smallest absolute Gasteiger partial charge is 0.245 e. The Balaban J connectivity index is 1.67. The average molecular weight is 414 g/mol. The molecule has 0 spiro atoms. The van der Waals surface area contributed by atoms with Crippen molar-refractivity contribution >= 4 is 17.7 Å². The maximum Gasteiger partial charge on any atom is 0.245 e. The number of nitrogens with zero attached hydrogens (tertiary/aromatic N) is 5. The van der Waals surface area contributed by atoms with Crippen LogP contribution in [-0.2, 0) is 11.8 Å². The highest BCUT2D eigenvalue weighted by atomic mass is 32.2. The molecule has 2 aliphatic rings. The van der Waals surface area contributed by atoms with Gasteiger partial charge in [-0.3, -0.25) is 9.69 Å². The molecule has 4 rings (SSSR count). The fraction of sp³-hybridized carbons (Fsp3) is 0.591. The molecule has 2 aliphatic heterocycles. The van der Waals surface area contributed by atoms with Gasteiger partial charge in [0.25, 0.3) is 0 Å². The van der Waals surface area contributed by atoms with E-state index in [1.54, 1.807) is 11.8 Å². The minimum atomic E-state index is -0.222. The van der Waals surface area contributed by atoms with Crippen molar-refractivity contribution in [1.82, 2.24) is 24.6 Å². The van der Waals surface area contributed by atoms with E-state index in [9.17, 15) is 4.79 Å². The van der Waals surface area contributed by atoms with E-state index >= 15 is 0 Å². The standard InChI is InChI=1S/C22H31N5OS/c1-16-10-7-8-14-26(16)19(17-11-5-4-6-12-17)21(28)27-15-9-13-18(27)20-23-24-22(29-3)25(20)2/h4-6,11-12,16,18-19H,7-10,13-15H2,1-3H3/t16-,18+,19-/m1/s1. The summed E-state index contributed by atoms with van der Waals surface area (Å²) in [6.45, 7) is 4.03. The first-order valence-corrected chi connectivity index (χ1v) is 11.9. The maximum absolute atomic E-state index is 14.0. The second kappa shape index (κ2) is 8.88. The van der Waals surface area contributed by atoms with Crippen molar-refractivity contribution < 1.29 is 4.79 Å². The Labute approximate surface area is 177 Å². The van der Waals surface area contributed by atoms with Gasteiger partial charge >= 0.3 is 0 Å². The summed E-state index contributed by atoms with van der Waals surface area (Å²) in [6.07, 6.45) is 7.52. The summed E-state index contributed by atoms with van der Waals surface area (Å²) in [5, 5.41) is 9.64. The molecule has 0 unspecified atom stereocenters. The highest BCUT2D eigenvalue weighted by molar-refractivity contribution is 7.98. The molecule has 0 aliphatic carbocycles. The molecule has 2 saturated heterocycles. The highest BCUT2D eigenvalue weighted by Crippen LogP contribution is 2.37. The third kappa shape index (κ3) is 3.94. The van der Waals surface area contributed by atoms with Crippen LogP contribution in [0.1, 0.15) is 62.5 Å². The molecule has 6 nitrogen and oxygen atoms in total. The van der Waals surface area contributed by atoms with Gasteiger partial charge in [0.15, 0.2) is 11.0 Å². The number of benzene rings is 1. The predicted molar refractivity (Wildman–Crippen MR) is 116 cm³/mol. The number of likely N-dealkylation sites (tertiary alicyclic amines) is 2. The number of carbonyl (C=O) groups excluding carboxylic acids is 1. The van der Waals surface area contributed by atoms with Gasteiger partial charge < -0.3 is 9.47 Å². The predicted octanol–water partition coefficient (Wildman–Crippen LogP) is 3.82. The van der Waals surface area contributed by atoms with Crippen LogP contribution in [0.3, 0.4) is 0 Å². The number of carbonyl (C=O) groups is 1. The van der Waals surface area contributed by atoms with Gasteiger partial charge in [-0.25, -0.2) is 0 Å². The first-order chi connectivity index (χ1) is 14.1. The lowest BCUT2D eigenvalue weighted by Gasteiger charge is -2.41. The Bertz CT molecular complexity index is 839. The van der Waals surface area contributed by atoms with Crippen molar-refractivity contribution in [2.24, 2.45) is 7.05 Å². The largest absolute Gasteiger partial charge is 0.331 e. The Morgan fingerprint density at radius 3 is 2.59 bits per heavy atom. The Morgan fingerprint density at radius 1 is 1.10 bits per heavy atom. The fourth-order valence-corrected chi connectivity index (χ4v) is 5.36. The summed E-state index contributed by atoms with van der Waals surface area (Å²) in [5.74, 6) is 1.11. The van der Waals surface area contributed by atoms with Crippen LogP contribution in [0.15, 0.2) is 35.5 Å². The number of aromatic nitrogens is 3. The monoisotopic (exact) mass is 413 g/mol. The van der Waals surface area contributed by atoms with E-state index in [0.717, 1.165) is 55.3 Å². The van der Waals surface area contributed by atoms with Gasteiger partial charge in [0, 0.05) is 19.6 Å². The zero-order chi connectivity index (χ0) is 20.4. The number of amides is 1. The van der Waals surface area contributed by atoms with E-state index in [1.807, 2.05) is 36.1 Å². The number of thioether (sulfide) groups is 1. The molecule has 0 saturated carbocycles. The zero-order valence-corrected chi connectivity index (χ0v) is 18.4. The van der Waals surface area contributed by atoms with Gasteiger partial charge in [0.05, 0.1) is 6.04 Å². The summed E-state index contributed by atoms with van der Waals surface area (Å²) in [7, 11) is 2.00. The van der Waals surface area contributed by atoms with Crippen LogP contribution in [0.5, 0.6) is 0 Å². The third-order valence-corrected chi connectivity index (χ3v) is 7.14. The van der Waals surface area contributed by atoms with Gasteiger partial charge in [-0.15, -0.1) is 10.2 Å². The average Bonchev–Trinajstić information content (AvgIpc) is 3.36. The van der Waals surface area contributed by atoms with E-state index in [0.29, 0.717) is 6.04 Å². The topological polar surface area (TPSA) is 54.3 Å². The van der Waals surface area contributed by atoms with Crippen LogP contribution in [0.25, 0.3) is 0 Å². The van der Waals surface area contributed by atoms with E-state index in [1.165, 1.54) is 6.42 Å². The van der Waals surface area contributed by atoms with Crippen molar-refractivity contribution in [3.05, 3.63) is 41.7 Å². The Morgan fingerprint density at radius 2 is 1.90 bits per heavy atom. The molecule has 3 heterocycles. The zero-order valence-electron chi connectivity index (χ0n) is 17.6. The molecule has 1 amide bonds. The maximum atomic E-state index is 14.0. The van der Waals surface area contributed by atoms with Crippen molar-refractivity contribution in [2.75, 3.05) is 19.3 Å². The van der Waals surface area contributed by atoms with E-state index in [-0.39, 0.29) is 18.0 Å². The quantitative estimate of drug-likeness (QED) is 0.698. The molecule has 156 valence electrons. The van der Waals surface area contributed by atoms with Gasteiger partial charge in [-0.05, 0) is 51.0 Å². The van der Waals surface area contributed by atoms with Crippen LogP contribution in [0.4, 0.5) is 0 Å². The molecule has 1 aromatic heterocycles. The van der Waals surface area contributed by atoms with Crippen LogP contribution in [-0.4, -0.2) is 55.9 Å². The molecule has 2 aromatic rings.